The van der Waals surface area contributed by atoms with Crippen molar-refractivity contribution in [3.8, 4) is 0 Å². The second kappa shape index (κ2) is 4.14. The van der Waals surface area contributed by atoms with E-state index in [9.17, 15) is 0 Å². The van der Waals surface area contributed by atoms with Crippen LogP contribution in [-0.2, 0) is 6.54 Å². The van der Waals surface area contributed by atoms with Crippen molar-refractivity contribution >= 4 is 11.6 Å². The SMILES string of the molecule is Clc1cnn(CC2CCCCC2)c1. The number of hydrogen-bond acceptors (Lipinski definition) is 1. The summed E-state index contributed by atoms with van der Waals surface area (Å²) < 4.78 is 1.97. The molecule has 0 aromatic carbocycles. The minimum atomic E-state index is 0.746. The van der Waals surface area contributed by atoms with Crippen molar-refractivity contribution in [2.45, 2.75) is 38.6 Å². The normalized spacial score (nSPS) is 19.2. The van der Waals surface area contributed by atoms with Gasteiger partial charge in [-0.3, -0.25) is 4.68 Å². The molecule has 1 aromatic rings. The quantitative estimate of drug-likeness (QED) is 0.714. The number of nitrogens with zero attached hydrogens (tertiary/aromatic N) is 2. The molecule has 13 heavy (non-hydrogen) atoms. The molecule has 1 saturated carbocycles. The highest BCUT2D eigenvalue weighted by molar-refractivity contribution is 6.30. The Labute approximate surface area is 83.9 Å². The molecule has 1 aliphatic carbocycles. The molecule has 1 fully saturated rings. The van der Waals surface area contributed by atoms with E-state index in [1.807, 2.05) is 10.9 Å². The number of halogens is 1. The number of rotatable bonds is 2. The molecule has 2 nitrogen and oxygen atoms in total. The van der Waals surface area contributed by atoms with Gasteiger partial charge in [0.15, 0.2) is 0 Å². The van der Waals surface area contributed by atoms with E-state index in [4.69, 9.17) is 11.6 Å². The minimum absolute atomic E-state index is 0.746. The molecule has 1 aromatic heterocycles. The van der Waals surface area contributed by atoms with Gasteiger partial charge in [0.05, 0.1) is 11.2 Å². The lowest BCUT2D eigenvalue weighted by Gasteiger charge is -2.21. The monoisotopic (exact) mass is 198 g/mol. The molecule has 0 unspecified atom stereocenters. The lowest BCUT2D eigenvalue weighted by Crippen LogP contribution is -2.14. The van der Waals surface area contributed by atoms with Crippen LogP contribution in [0.1, 0.15) is 32.1 Å². The molecule has 2 rings (SSSR count). The van der Waals surface area contributed by atoms with Gasteiger partial charge in [-0.1, -0.05) is 30.9 Å². The molecule has 0 aliphatic heterocycles. The Kier molecular flexibility index (Phi) is 2.89. The molecule has 0 spiro atoms. The zero-order valence-electron chi connectivity index (χ0n) is 7.75. The summed E-state index contributed by atoms with van der Waals surface area (Å²) in [5.41, 5.74) is 0. The zero-order chi connectivity index (χ0) is 9.10. The Morgan fingerprint density at radius 1 is 1.38 bits per heavy atom. The standard InChI is InChI=1S/C10H15ClN2/c11-10-6-12-13(8-10)7-9-4-2-1-3-5-9/h6,8-9H,1-5,7H2. The third-order valence-corrected chi connectivity index (χ3v) is 2.97. The summed E-state index contributed by atoms with van der Waals surface area (Å²) in [5.74, 6) is 0.824. The van der Waals surface area contributed by atoms with Crippen LogP contribution in [0.3, 0.4) is 0 Å². The van der Waals surface area contributed by atoms with Crippen LogP contribution in [0, 0.1) is 5.92 Å². The predicted octanol–water partition coefficient (Wildman–Crippen LogP) is 3.12. The molecule has 0 radical (unpaired) electrons. The summed E-state index contributed by atoms with van der Waals surface area (Å²) in [6, 6.07) is 0. The van der Waals surface area contributed by atoms with E-state index in [1.165, 1.54) is 32.1 Å². The molecule has 1 aliphatic rings. The van der Waals surface area contributed by atoms with Gasteiger partial charge in [0, 0.05) is 12.7 Å². The van der Waals surface area contributed by atoms with Crippen LogP contribution < -0.4 is 0 Å². The maximum atomic E-state index is 5.79. The van der Waals surface area contributed by atoms with Crippen molar-refractivity contribution < 1.29 is 0 Å². The van der Waals surface area contributed by atoms with Gasteiger partial charge in [0.1, 0.15) is 0 Å². The minimum Gasteiger partial charge on any atom is -0.271 e. The first-order valence-corrected chi connectivity index (χ1v) is 5.40. The average Bonchev–Trinajstić information content (AvgIpc) is 2.53. The van der Waals surface area contributed by atoms with E-state index < -0.39 is 0 Å². The highest BCUT2D eigenvalue weighted by atomic mass is 35.5. The van der Waals surface area contributed by atoms with E-state index >= 15 is 0 Å². The Hall–Kier alpha value is -0.500. The van der Waals surface area contributed by atoms with Crippen molar-refractivity contribution in [3.63, 3.8) is 0 Å². The Morgan fingerprint density at radius 3 is 2.77 bits per heavy atom. The summed E-state index contributed by atoms with van der Waals surface area (Å²) >= 11 is 5.79. The van der Waals surface area contributed by atoms with Crippen molar-refractivity contribution in [1.82, 2.24) is 9.78 Å². The van der Waals surface area contributed by atoms with Gasteiger partial charge >= 0.3 is 0 Å². The van der Waals surface area contributed by atoms with Crippen LogP contribution in [0.25, 0.3) is 0 Å². The number of hydrogen-bond donors (Lipinski definition) is 0. The van der Waals surface area contributed by atoms with E-state index in [0.29, 0.717) is 0 Å². The van der Waals surface area contributed by atoms with Gasteiger partial charge in [0.2, 0.25) is 0 Å². The Balaban J connectivity index is 1.89. The second-order valence-corrected chi connectivity index (χ2v) is 4.32. The van der Waals surface area contributed by atoms with Crippen molar-refractivity contribution in [1.29, 1.82) is 0 Å². The van der Waals surface area contributed by atoms with Gasteiger partial charge in [-0.25, -0.2) is 0 Å². The Bertz CT molecular complexity index is 264. The van der Waals surface area contributed by atoms with Crippen molar-refractivity contribution in [2.75, 3.05) is 0 Å². The molecule has 0 atom stereocenters. The van der Waals surface area contributed by atoms with Crippen LogP contribution >= 0.6 is 11.6 Å². The van der Waals surface area contributed by atoms with Gasteiger partial charge in [0.25, 0.3) is 0 Å². The van der Waals surface area contributed by atoms with E-state index in [-0.39, 0.29) is 0 Å². The lowest BCUT2D eigenvalue weighted by molar-refractivity contribution is 0.308. The zero-order valence-corrected chi connectivity index (χ0v) is 8.50. The maximum Gasteiger partial charge on any atom is 0.0785 e. The average molecular weight is 199 g/mol. The molecular weight excluding hydrogens is 184 g/mol. The molecule has 3 heteroatoms. The molecule has 0 N–H and O–H groups in total. The smallest absolute Gasteiger partial charge is 0.0785 e. The fraction of sp³-hybridized carbons (Fsp3) is 0.700. The lowest BCUT2D eigenvalue weighted by atomic mass is 9.89. The van der Waals surface area contributed by atoms with Gasteiger partial charge in [-0.15, -0.1) is 0 Å². The van der Waals surface area contributed by atoms with Crippen molar-refractivity contribution in [3.05, 3.63) is 17.4 Å². The topological polar surface area (TPSA) is 17.8 Å². The summed E-state index contributed by atoms with van der Waals surface area (Å²) in [7, 11) is 0. The molecular formula is C10H15ClN2. The van der Waals surface area contributed by atoms with Crippen LogP contribution in [0.2, 0.25) is 5.02 Å². The summed E-state index contributed by atoms with van der Waals surface area (Å²) in [4.78, 5) is 0. The fourth-order valence-electron chi connectivity index (χ4n) is 2.07. The summed E-state index contributed by atoms with van der Waals surface area (Å²) in [6.07, 6.45) is 10.5. The molecule has 0 bridgehead atoms. The largest absolute Gasteiger partial charge is 0.271 e. The summed E-state index contributed by atoms with van der Waals surface area (Å²) in [5, 5.41) is 4.94. The van der Waals surface area contributed by atoms with Gasteiger partial charge in [-0.2, -0.15) is 5.10 Å². The first-order chi connectivity index (χ1) is 6.34. The number of aromatic nitrogens is 2. The third kappa shape index (κ3) is 2.47. The van der Waals surface area contributed by atoms with Crippen molar-refractivity contribution in [2.24, 2.45) is 5.92 Å². The molecule has 1 heterocycles. The highest BCUT2D eigenvalue weighted by Crippen LogP contribution is 2.24. The summed E-state index contributed by atoms with van der Waals surface area (Å²) in [6.45, 7) is 1.05. The van der Waals surface area contributed by atoms with Crippen LogP contribution in [0.4, 0.5) is 0 Å². The van der Waals surface area contributed by atoms with E-state index in [0.717, 1.165) is 17.5 Å². The molecule has 0 saturated heterocycles. The Morgan fingerprint density at radius 2 is 2.15 bits per heavy atom. The first kappa shape index (κ1) is 9.07. The van der Waals surface area contributed by atoms with Crippen LogP contribution in [-0.4, -0.2) is 9.78 Å². The fourth-order valence-corrected chi connectivity index (χ4v) is 2.23. The van der Waals surface area contributed by atoms with Crippen LogP contribution in [0.15, 0.2) is 12.4 Å². The van der Waals surface area contributed by atoms with E-state index in [1.54, 1.807) is 6.20 Å². The second-order valence-electron chi connectivity index (χ2n) is 3.88. The van der Waals surface area contributed by atoms with Gasteiger partial charge < -0.3 is 0 Å². The third-order valence-electron chi connectivity index (χ3n) is 2.77. The molecule has 0 amide bonds. The maximum absolute atomic E-state index is 5.79. The van der Waals surface area contributed by atoms with Crippen LogP contribution in [0.5, 0.6) is 0 Å². The molecule has 72 valence electrons. The highest BCUT2D eigenvalue weighted by Gasteiger charge is 2.13. The first-order valence-electron chi connectivity index (χ1n) is 5.02. The van der Waals surface area contributed by atoms with E-state index in [2.05, 4.69) is 5.10 Å². The van der Waals surface area contributed by atoms with Gasteiger partial charge in [-0.05, 0) is 18.8 Å². The predicted molar refractivity (Wildman–Crippen MR) is 53.8 cm³/mol.